The molecular weight excluding hydrogens is 219 g/mol. The molecule has 0 spiro atoms. The van der Waals surface area contributed by atoms with Gasteiger partial charge in [-0.2, -0.15) is 9.65 Å². The first-order chi connectivity index (χ1) is 7.52. The average molecular weight is 224 g/mol. The lowest BCUT2D eigenvalue weighted by Crippen LogP contribution is -2.09. The molecule has 0 aromatic heterocycles. The van der Waals surface area contributed by atoms with Gasteiger partial charge >= 0.3 is 11.7 Å². The van der Waals surface area contributed by atoms with Gasteiger partial charge in [0.25, 0.3) is 0 Å². The maximum atomic E-state index is 13.5. The van der Waals surface area contributed by atoms with Crippen molar-refractivity contribution in [2.45, 2.75) is 0 Å². The van der Waals surface area contributed by atoms with Gasteiger partial charge in [0, 0.05) is 6.07 Å². The van der Waals surface area contributed by atoms with Crippen molar-refractivity contribution in [3.05, 3.63) is 39.2 Å². The molecule has 0 amide bonds. The van der Waals surface area contributed by atoms with Crippen LogP contribution < -0.4 is 0 Å². The van der Waals surface area contributed by atoms with E-state index in [0.717, 1.165) is 19.2 Å². The summed E-state index contributed by atoms with van der Waals surface area (Å²) in [6.45, 7) is 0. The van der Waals surface area contributed by atoms with Crippen LogP contribution in [-0.2, 0) is 4.74 Å². The van der Waals surface area contributed by atoms with Gasteiger partial charge in [-0.05, 0) is 6.07 Å². The molecule has 1 rings (SSSR count). The maximum Gasteiger partial charge on any atom is 0.342 e. The molecule has 6 nitrogen and oxygen atoms in total. The molecule has 0 saturated heterocycles. The van der Waals surface area contributed by atoms with Crippen molar-refractivity contribution in [1.29, 1.82) is 5.26 Å². The van der Waals surface area contributed by atoms with Crippen LogP contribution in [0.15, 0.2) is 12.1 Å². The van der Waals surface area contributed by atoms with Crippen LogP contribution >= 0.6 is 0 Å². The zero-order valence-electron chi connectivity index (χ0n) is 8.06. The summed E-state index contributed by atoms with van der Waals surface area (Å²) < 4.78 is 17.8. The monoisotopic (exact) mass is 224 g/mol. The Morgan fingerprint density at radius 1 is 1.62 bits per heavy atom. The molecule has 0 atom stereocenters. The second-order valence-electron chi connectivity index (χ2n) is 2.68. The van der Waals surface area contributed by atoms with Crippen molar-refractivity contribution in [2.75, 3.05) is 7.11 Å². The summed E-state index contributed by atoms with van der Waals surface area (Å²) in [5.41, 5.74) is -1.91. The highest BCUT2D eigenvalue weighted by Gasteiger charge is 2.26. The summed E-state index contributed by atoms with van der Waals surface area (Å²) in [4.78, 5) is 20.6. The number of nitriles is 1. The van der Waals surface area contributed by atoms with Crippen LogP contribution in [0.2, 0.25) is 0 Å². The zero-order chi connectivity index (χ0) is 12.3. The topological polar surface area (TPSA) is 93.2 Å². The number of esters is 1. The van der Waals surface area contributed by atoms with Crippen molar-refractivity contribution < 1.29 is 18.8 Å². The van der Waals surface area contributed by atoms with Gasteiger partial charge in [-0.25, -0.2) is 4.79 Å². The predicted octanol–water partition coefficient (Wildman–Crippen LogP) is 1.39. The van der Waals surface area contributed by atoms with Crippen LogP contribution in [0.25, 0.3) is 0 Å². The van der Waals surface area contributed by atoms with Crippen LogP contribution in [0.1, 0.15) is 15.9 Å². The average Bonchev–Trinajstić information content (AvgIpc) is 2.26. The van der Waals surface area contributed by atoms with Crippen LogP contribution in [0.5, 0.6) is 0 Å². The van der Waals surface area contributed by atoms with E-state index in [-0.39, 0.29) is 5.56 Å². The highest BCUT2D eigenvalue weighted by Crippen LogP contribution is 2.23. The van der Waals surface area contributed by atoms with Crippen molar-refractivity contribution in [2.24, 2.45) is 0 Å². The molecule has 0 aliphatic carbocycles. The van der Waals surface area contributed by atoms with Gasteiger partial charge in [0.2, 0.25) is 5.82 Å². The van der Waals surface area contributed by atoms with Gasteiger partial charge in [0.1, 0.15) is 11.6 Å². The largest absolute Gasteiger partial charge is 0.465 e. The summed E-state index contributed by atoms with van der Waals surface area (Å²) in [6.07, 6.45) is 0. The highest BCUT2D eigenvalue weighted by atomic mass is 19.1. The van der Waals surface area contributed by atoms with E-state index in [1.54, 1.807) is 6.07 Å². The zero-order valence-corrected chi connectivity index (χ0v) is 8.06. The number of nitro benzene ring substituents is 1. The number of carbonyl (C=O) groups is 1. The number of nitro groups is 1. The number of hydrogen-bond donors (Lipinski definition) is 0. The lowest BCUT2D eigenvalue weighted by atomic mass is 10.1. The van der Waals surface area contributed by atoms with Gasteiger partial charge in [-0.3, -0.25) is 10.1 Å². The van der Waals surface area contributed by atoms with Crippen LogP contribution in [0, 0.1) is 27.3 Å². The fourth-order valence-electron chi connectivity index (χ4n) is 1.10. The van der Waals surface area contributed by atoms with E-state index in [0.29, 0.717) is 0 Å². The molecule has 0 heterocycles. The Bertz CT molecular complexity index is 507. The Hall–Kier alpha value is -2.49. The lowest BCUT2D eigenvalue weighted by Gasteiger charge is -2.03. The minimum atomic E-state index is -1.36. The van der Waals surface area contributed by atoms with Gasteiger partial charge in [-0.1, -0.05) is 0 Å². The summed E-state index contributed by atoms with van der Waals surface area (Å²) in [7, 11) is 0.988. The molecule has 0 saturated carbocycles. The molecule has 0 radical (unpaired) electrons. The van der Waals surface area contributed by atoms with Gasteiger partial charge in [0.05, 0.1) is 17.6 Å². The predicted molar refractivity (Wildman–Crippen MR) is 49.1 cm³/mol. The lowest BCUT2D eigenvalue weighted by molar-refractivity contribution is -0.387. The van der Waals surface area contributed by atoms with Gasteiger partial charge in [0.15, 0.2) is 0 Å². The molecule has 1 aromatic rings. The number of carbonyl (C=O) groups excluding carboxylic acids is 1. The Morgan fingerprint density at radius 3 is 2.69 bits per heavy atom. The molecule has 82 valence electrons. The molecular formula is C9H5FN2O4. The molecule has 0 unspecified atom stereocenters. The Morgan fingerprint density at radius 2 is 2.25 bits per heavy atom. The third-order valence-electron chi connectivity index (χ3n) is 1.83. The van der Waals surface area contributed by atoms with Crippen molar-refractivity contribution in [3.63, 3.8) is 0 Å². The van der Waals surface area contributed by atoms with E-state index in [2.05, 4.69) is 4.74 Å². The SMILES string of the molecule is COC(=O)c1c(C#N)ccc([N+](=O)[O-])c1F. The Kier molecular flexibility index (Phi) is 3.15. The van der Waals surface area contributed by atoms with E-state index in [4.69, 9.17) is 5.26 Å². The van der Waals surface area contributed by atoms with Crippen molar-refractivity contribution in [1.82, 2.24) is 0 Å². The first-order valence-corrected chi connectivity index (χ1v) is 3.98. The van der Waals surface area contributed by atoms with Gasteiger partial charge in [-0.15, -0.1) is 0 Å². The normalized spacial score (nSPS) is 9.31. The molecule has 0 aliphatic heterocycles. The van der Waals surface area contributed by atoms with Crippen LogP contribution in [-0.4, -0.2) is 18.0 Å². The number of halogens is 1. The number of nitrogens with zero attached hydrogens (tertiary/aromatic N) is 2. The number of rotatable bonds is 2. The highest BCUT2D eigenvalue weighted by molar-refractivity contribution is 5.93. The molecule has 0 fully saturated rings. The second-order valence-corrected chi connectivity index (χ2v) is 2.68. The minimum absolute atomic E-state index is 0.310. The smallest absolute Gasteiger partial charge is 0.342 e. The molecule has 0 aliphatic rings. The minimum Gasteiger partial charge on any atom is -0.465 e. The van der Waals surface area contributed by atoms with E-state index in [9.17, 15) is 19.3 Å². The Balaban J connectivity index is 3.54. The van der Waals surface area contributed by atoms with E-state index in [1.165, 1.54) is 0 Å². The number of ether oxygens (including phenoxy) is 1. The van der Waals surface area contributed by atoms with Gasteiger partial charge < -0.3 is 4.74 Å². The second kappa shape index (κ2) is 4.35. The molecule has 0 N–H and O–H groups in total. The fraction of sp³-hybridized carbons (Fsp3) is 0.111. The van der Waals surface area contributed by atoms with E-state index in [1.807, 2.05) is 0 Å². The van der Waals surface area contributed by atoms with Crippen molar-refractivity contribution >= 4 is 11.7 Å². The number of benzene rings is 1. The third kappa shape index (κ3) is 1.81. The summed E-state index contributed by atoms with van der Waals surface area (Å²) >= 11 is 0. The molecule has 7 heteroatoms. The Labute approximate surface area is 89.0 Å². The van der Waals surface area contributed by atoms with Crippen LogP contribution in [0.3, 0.4) is 0 Å². The maximum absolute atomic E-state index is 13.5. The quantitative estimate of drug-likeness (QED) is 0.430. The number of hydrogen-bond acceptors (Lipinski definition) is 5. The molecule has 0 bridgehead atoms. The molecule has 16 heavy (non-hydrogen) atoms. The third-order valence-corrected chi connectivity index (χ3v) is 1.83. The van der Waals surface area contributed by atoms with E-state index < -0.39 is 28.0 Å². The number of methoxy groups -OCH3 is 1. The molecule has 1 aromatic carbocycles. The summed E-state index contributed by atoms with van der Waals surface area (Å²) in [5, 5.41) is 19.0. The first kappa shape index (κ1) is 11.6. The summed E-state index contributed by atoms with van der Waals surface area (Å²) in [6, 6.07) is 3.37. The first-order valence-electron chi connectivity index (χ1n) is 3.98. The summed E-state index contributed by atoms with van der Waals surface area (Å²) in [5.74, 6) is -2.49. The fourth-order valence-corrected chi connectivity index (χ4v) is 1.10. The van der Waals surface area contributed by atoms with Crippen LogP contribution in [0.4, 0.5) is 10.1 Å². The standard InChI is InChI=1S/C9H5FN2O4/c1-16-9(13)7-5(4-11)2-3-6(8(7)10)12(14)15/h2-3H,1H3. The van der Waals surface area contributed by atoms with E-state index >= 15 is 0 Å². The van der Waals surface area contributed by atoms with Crippen molar-refractivity contribution in [3.8, 4) is 6.07 Å².